The van der Waals surface area contributed by atoms with Crippen LogP contribution in [0.25, 0.3) is 0 Å². The summed E-state index contributed by atoms with van der Waals surface area (Å²) in [6.07, 6.45) is 0.663. The van der Waals surface area contributed by atoms with E-state index in [1.165, 1.54) is 17.9 Å². The molecule has 5 nitrogen and oxygen atoms in total. The molecule has 0 radical (unpaired) electrons. The average Bonchev–Trinajstić information content (AvgIpc) is 2.45. The van der Waals surface area contributed by atoms with Crippen LogP contribution in [0.5, 0.6) is 0 Å². The number of hydrogen-bond acceptors (Lipinski definition) is 3. The van der Waals surface area contributed by atoms with E-state index in [-0.39, 0.29) is 30.7 Å². The summed E-state index contributed by atoms with van der Waals surface area (Å²) in [7, 11) is 1.58. The second kappa shape index (κ2) is 9.07. The minimum atomic E-state index is -0.360. The Morgan fingerprint density at radius 1 is 1.33 bits per heavy atom. The third-order valence-electron chi connectivity index (χ3n) is 2.99. The van der Waals surface area contributed by atoms with Gasteiger partial charge in [-0.1, -0.05) is 18.2 Å². The summed E-state index contributed by atoms with van der Waals surface area (Å²) in [5, 5.41) is 2.61. The van der Waals surface area contributed by atoms with E-state index in [1.807, 2.05) is 0 Å². The lowest BCUT2D eigenvalue weighted by molar-refractivity contribution is -0.134. The van der Waals surface area contributed by atoms with E-state index in [2.05, 4.69) is 5.32 Å². The van der Waals surface area contributed by atoms with Crippen LogP contribution in [0.1, 0.15) is 18.9 Å². The maximum atomic E-state index is 13.4. The van der Waals surface area contributed by atoms with Crippen molar-refractivity contribution < 1.29 is 18.7 Å². The van der Waals surface area contributed by atoms with Crippen LogP contribution in [-0.2, 0) is 20.9 Å². The first-order chi connectivity index (χ1) is 10.0. The van der Waals surface area contributed by atoms with Gasteiger partial charge in [0.2, 0.25) is 11.8 Å². The van der Waals surface area contributed by atoms with Gasteiger partial charge in [0, 0.05) is 39.3 Å². The number of amides is 2. The lowest BCUT2D eigenvalue weighted by Gasteiger charge is -2.20. The summed E-state index contributed by atoms with van der Waals surface area (Å²) in [5.41, 5.74) is 0.416. The van der Waals surface area contributed by atoms with E-state index in [0.717, 1.165) is 0 Å². The molecular formula is C15H21FN2O3. The molecule has 0 bridgehead atoms. The lowest BCUT2D eigenvalue weighted by Crippen LogP contribution is -2.40. The molecule has 0 aromatic heterocycles. The van der Waals surface area contributed by atoms with E-state index in [0.29, 0.717) is 25.1 Å². The molecule has 0 atom stereocenters. The number of hydrogen-bond donors (Lipinski definition) is 1. The first-order valence-electron chi connectivity index (χ1n) is 6.79. The molecule has 0 aliphatic heterocycles. The fraction of sp³-hybridized carbons (Fsp3) is 0.467. The van der Waals surface area contributed by atoms with Crippen LogP contribution in [0.3, 0.4) is 0 Å². The van der Waals surface area contributed by atoms with Crippen molar-refractivity contribution in [3.8, 4) is 0 Å². The van der Waals surface area contributed by atoms with Crippen LogP contribution in [0.4, 0.5) is 4.39 Å². The molecular weight excluding hydrogens is 275 g/mol. The SMILES string of the molecule is COCCCN(CC(=O)NCc1ccccc1F)C(C)=O. The van der Waals surface area contributed by atoms with Crippen molar-refractivity contribution in [3.63, 3.8) is 0 Å². The molecule has 0 aliphatic rings. The van der Waals surface area contributed by atoms with Gasteiger partial charge >= 0.3 is 0 Å². The summed E-state index contributed by atoms with van der Waals surface area (Å²) < 4.78 is 18.3. The third kappa shape index (κ3) is 6.35. The Hall–Kier alpha value is -1.95. The van der Waals surface area contributed by atoms with Crippen LogP contribution in [0, 0.1) is 5.82 Å². The maximum absolute atomic E-state index is 13.4. The van der Waals surface area contributed by atoms with Gasteiger partial charge < -0.3 is 15.0 Å². The molecule has 0 heterocycles. The zero-order valence-electron chi connectivity index (χ0n) is 12.4. The molecule has 21 heavy (non-hydrogen) atoms. The first kappa shape index (κ1) is 17.1. The highest BCUT2D eigenvalue weighted by Gasteiger charge is 2.13. The van der Waals surface area contributed by atoms with Crippen molar-refractivity contribution in [1.82, 2.24) is 10.2 Å². The van der Waals surface area contributed by atoms with Crippen molar-refractivity contribution in [2.24, 2.45) is 0 Å². The van der Waals surface area contributed by atoms with Gasteiger partial charge in [-0.15, -0.1) is 0 Å². The standard InChI is InChI=1S/C15H21FN2O3/c1-12(19)18(8-5-9-21-2)11-15(20)17-10-13-6-3-4-7-14(13)16/h3-4,6-7H,5,8-11H2,1-2H3,(H,17,20). The number of carbonyl (C=O) groups excluding carboxylic acids is 2. The molecule has 1 N–H and O–H groups in total. The molecule has 0 fully saturated rings. The molecule has 116 valence electrons. The van der Waals surface area contributed by atoms with Gasteiger partial charge in [-0.3, -0.25) is 9.59 Å². The quantitative estimate of drug-likeness (QED) is 0.736. The predicted octanol–water partition coefficient (Wildman–Crippen LogP) is 1.33. The third-order valence-corrected chi connectivity index (χ3v) is 2.99. The highest BCUT2D eigenvalue weighted by molar-refractivity contribution is 5.83. The smallest absolute Gasteiger partial charge is 0.239 e. The average molecular weight is 296 g/mol. The minimum absolute atomic E-state index is 0.0342. The van der Waals surface area contributed by atoms with Crippen LogP contribution in [0.2, 0.25) is 0 Å². The molecule has 1 rings (SSSR count). The van der Waals surface area contributed by atoms with E-state index in [1.54, 1.807) is 25.3 Å². The number of carbonyl (C=O) groups is 2. The van der Waals surface area contributed by atoms with Gasteiger partial charge in [0.15, 0.2) is 0 Å². The number of nitrogens with one attached hydrogen (secondary N) is 1. The highest BCUT2D eigenvalue weighted by Crippen LogP contribution is 2.05. The molecule has 0 unspecified atom stereocenters. The number of ether oxygens (including phenoxy) is 1. The number of benzene rings is 1. The van der Waals surface area contributed by atoms with Gasteiger partial charge in [-0.25, -0.2) is 4.39 Å². The molecule has 0 aliphatic carbocycles. The summed E-state index contributed by atoms with van der Waals surface area (Å²) in [4.78, 5) is 24.7. The molecule has 0 saturated carbocycles. The zero-order chi connectivity index (χ0) is 15.7. The molecule has 1 aromatic carbocycles. The number of rotatable bonds is 8. The van der Waals surface area contributed by atoms with Crippen LogP contribution < -0.4 is 5.32 Å². The second-order valence-corrected chi connectivity index (χ2v) is 4.66. The summed E-state index contributed by atoms with van der Waals surface area (Å²) >= 11 is 0. The van der Waals surface area contributed by atoms with Gasteiger partial charge in [-0.2, -0.15) is 0 Å². The van der Waals surface area contributed by atoms with Gasteiger partial charge in [0.05, 0.1) is 6.54 Å². The van der Waals surface area contributed by atoms with E-state index >= 15 is 0 Å². The van der Waals surface area contributed by atoms with Crippen molar-refractivity contribution in [2.45, 2.75) is 19.9 Å². The van der Waals surface area contributed by atoms with Crippen molar-refractivity contribution >= 4 is 11.8 Å². The topological polar surface area (TPSA) is 58.6 Å². The Morgan fingerprint density at radius 2 is 2.05 bits per heavy atom. The van der Waals surface area contributed by atoms with Crippen molar-refractivity contribution in [1.29, 1.82) is 0 Å². The normalized spacial score (nSPS) is 10.2. The highest BCUT2D eigenvalue weighted by atomic mass is 19.1. The largest absolute Gasteiger partial charge is 0.385 e. The summed E-state index contributed by atoms with van der Waals surface area (Å²) in [5.74, 6) is -0.848. The predicted molar refractivity (Wildman–Crippen MR) is 77.0 cm³/mol. The Morgan fingerprint density at radius 3 is 2.67 bits per heavy atom. The fourth-order valence-corrected chi connectivity index (χ4v) is 1.81. The number of methoxy groups -OCH3 is 1. The van der Waals surface area contributed by atoms with Crippen molar-refractivity contribution in [2.75, 3.05) is 26.8 Å². The van der Waals surface area contributed by atoms with E-state index < -0.39 is 0 Å². The Balaban J connectivity index is 2.43. The van der Waals surface area contributed by atoms with Crippen molar-refractivity contribution in [3.05, 3.63) is 35.6 Å². The molecule has 0 spiro atoms. The summed E-state index contributed by atoms with van der Waals surface area (Å²) in [6.45, 7) is 2.47. The lowest BCUT2D eigenvalue weighted by atomic mass is 10.2. The van der Waals surface area contributed by atoms with Gasteiger partial charge in [0.1, 0.15) is 5.82 Å². The van der Waals surface area contributed by atoms with Gasteiger partial charge in [-0.05, 0) is 12.5 Å². The molecule has 0 saturated heterocycles. The van der Waals surface area contributed by atoms with Crippen LogP contribution in [-0.4, -0.2) is 43.5 Å². The zero-order valence-corrected chi connectivity index (χ0v) is 12.4. The summed E-state index contributed by atoms with van der Waals surface area (Å²) in [6, 6.07) is 6.25. The Bertz CT molecular complexity index is 480. The number of nitrogens with zero attached hydrogens (tertiary/aromatic N) is 1. The molecule has 1 aromatic rings. The van der Waals surface area contributed by atoms with Crippen LogP contribution >= 0.6 is 0 Å². The Kier molecular flexibility index (Phi) is 7.39. The van der Waals surface area contributed by atoms with Gasteiger partial charge in [0.25, 0.3) is 0 Å². The maximum Gasteiger partial charge on any atom is 0.239 e. The van der Waals surface area contributed by atoms with Crippen LogP contribution in [0.15, 0.2) is 24.3 Å². The minimum Gasteiger partial charge on any atom is -0.385 e. The molecule has 6 heteroatoms. The van der Waals surface area contributed by atoms with E-state index in [4.69, 9.17) is 4.74 Å². The second-order valence-electron chi connectivity index (χ2n) is 4.66. The Labute approximate surface area is 124 Å². The fourth-order valence-electron chi connectivity index (χ4n) is 1.81. The monoisotopic (exact) mass is 296 g/mol. The molecule has 2 amide bonds. The number of halogens is 1. The van der Waals surface area contributed by atoms with E-state index in [9.17, 15) is 14.0 Å². The first-order valence-corrected chi connectivity index (χ1v) is 6.79.